The summed E-state index contributed by atoms with van der Waals surface area (Å²) in [6, 6.07) is 1.86. The Morgan fingerprint density at radius 3 is 2.42 bits per heavy atom. The van der Waals surface area contributed by atoms with Gasteiger partial charge in [0.1, 0.15) is 11.3 Å². The number of aromatic nitrogens is 5. The Kier molecular flexibility index (Phi) is 6.06. The van der Waals surface area contributed by atoms with Gasteiger partial charge >= 0.3 is 0 Å². The van der Waals surface area contributed by atoms with Gasteiger partial charge in [-0.15, -0.1) is 0 Å². The average Bonchev–Trinajstić information content (AvgIpc) is 3.03. The highest BCUT2D eigenvalue weighted by Gasteiger charge is 2.10. The lowest BCUT2D eigenvalue weighted by Gasteiger charge is -2.11. The van der Waals surface area contributed by atoms with Crippen LogP contribution in [0.3, 0.4) is 0 Å². The second-order valence-electron chi connectivity index (χ2n) is 5.68. The maximum atomic E-state index is 5.96. The highest BCUT2D eigenvalue weighted by molar-refractivity contribution is 5.77. The zero-order valence-electron chi connectivity index (χ0n) is 14.7. The van der Waals surface area contributed by atoms with E-state index in [-0.39, 0.29) is 0 Å². The van der Waals surface area contributed by atoms with Crippen molar-refractivity contribution < 1.29 is 0 Å². The van der Waals surface area contributed by atoms with E-state index in [1.807, 2.05) is 20.2 Å². The Morgan fingerprint density at radius 2 is 1.83 bits per heavy atom. The van der Waals surface area contributed by atoms with Crippen LogP contribution in [0, 0.1) is 0 Å². The molecule has 3 heterocycles. The third kappa shape index (κ3) is 4.18. The van der Waals surface area contributed by atoms with Crippen molar-refractivity contribution in [1.82, 2.24) is 24.9 Å². The molecule has 3 aromatic heterocycles. The van der Waals surface area contributed by atoms with Crippen molar-refractivity contribution in [2.75, 3.05) is 24.7 Å². The number of unbranched alkanes of at least 4 members (excludes halogenated alkanes) is 2. The Morgan fingerprint density at radius 1 is 1.08 bits per heavy atom. The number of rotatable bonds is 4. The van der Waals surface area contributed by atoms with Gasteiger partial charge in [-0.2, -0.15) is 4.98 Å². The summed E-state index contributed by atoms with van der Waals surface area (Å²) in [7, 11) is 3.72. The third-order valence-electron chi connectivity index (χ3n) is 3.45. The summed E-state index contributed by atoms with van der Waals surface area (Å²) in [6.07, 6.45) is 9.19. The molecule has 3 N–H and O–H groups in total. The second kappa shape index (κ2) is 8.24. The van der Waals surface area contributed by atoms with Gasteiger partial charge in [-0.25, -0.2) is 15.0 Å². The first-order valence-electron chi connectivity index (χ1n) is 8.17. The molecule has 0 fully saturated rings. The minimum Gasteiger partial charge on any atom is -0.383 e. The van der Waals surface area contributed by atoms with Crippen LogP contribution in [-0.4, -0.2) is 39.0 Å². The lowest BCUT2D eigenvalue weighted by Crippen LogP contribution is -2.13. The zero-order valence-corrected chi connectivity index (χ0v) is 14.7. The van der Waals surface area contributed by atoms with Crippen molar-refractivity contribution in [3.05, 3.63) is 24.7 Å². The number of hydrogen-bond donors (Lipinski definition) is 2. The number of nitrogens with zero attached hydrogens (tertiary/aromatic N) is 5. The van der Waals surface area contributed by atoms with Gasteiger partial charge in [0.15, 0.2) is 5.65 Å². The predicted molar refractivity (Wildman–Crippen MR) is 98.9 cm³/mol. The lowest BCUT2D eigenvalue weighted by atomic mass is 10.2. The molecule has 24 heavy (non-hydrogen) atoms. The molecule has 7 heteroatoms. The van der Waals surface area contributed by atoms with Gasteiger partial charge < -0.3 is 15.6 Å². The SMILES string of the molecule is CCCCC.CN(C)c1ncc(-c2cnc3[nH]ccc3n2)c(N)n1. The normalized spacial score (nSPS) is 10.3. The van der Waals surface area contributed by atoms with Crippen molar-refractivity contribution in [3.8, 4) is 11.3 Å². The summed E-state index contributed by atoms with van der Waals surface area (Å²) >= 11 is 0. The molecule has 0 atom stereocenters. The highest BCUT2D eigenvalue weighted by Crippen LogP contribution is 2.23. The molecule has 3 aromatic rings. The molecule has 0 aromatic carbocycles. The molecule has 3 rings (SSSR count). The van der Waals surface area contributed by atoms with E-state index in [4.69, 9.17) is 5.73 Å². The Bertz CT molecular complexity index is 777. The van der Waals surface area contributed by atoms with E-state index in [0.717, 1.165) is 11.2 Å². The fraction of sp³-hybridized carbons (Fsp3) is 0.412. The first kappa shape index (κ1) is 17.7. The van der Waals surface area contributed by atoms with Crippen LogP contribution in [0.1, 0.15) is 33.1 Å². The minimum absolute atomic E-state index is 0.392. The largest absolute Gasteiger partial charge is 0.383 e. The molecule has 0 saturated carbocycles. The van der Waals surface area contributed by atoms with E-state index in [2.05, 4.69) is 38.8 Å². The summed E-state index contributed by atoms with van der Waals surface area (Å²) in [5.74, 6) is 0.958. The van der Waals surface area contributed by atoms with Gasteiger partial charge in [-0.3, -0.25) is 0 Å². The van der Waals surface area contributed by atoms with Crippen molar-refractivity contribution >= 4 is 22.9 Å². The van der Waals surface area contributed by atoms with Crippen LogP contribution in [0.2, 0.25) is 0 Å². The molecule has 0 saturated heterocycles. The van der Waals surface area contributed by atoms with E-state index in [1.165, 1.54) is 19.3 Å². The van der Waals surface area contributed by atoms with E-state index < -0.39 is 0 Å². The minimum atomic E-state index is 0.392. The number of fused-ring (bicyclic) bond motifs is 1. The molecule has 7 nitrogen and oxygen atoms in total. The Balaban J connectivity index is 0.000000368. The molecule has 0 amide bonds. The molecule has 0 aliphatic carbocycles. The van der Waals surface area contributed by atoms with E-state index in [1.54, 1.807) is 23.5 Å². The monoisotopic (exact) mass is 327 g/mol. The standard InChI is InChI=1S/C12H13N7.C5H12/c1-19(2)12-16-5-7(10(13)18-12)9-6-15-11-8(17-9)3-4-14-11;1-3-5-4-2/h3-6H,1-2H3,(H,14,15)(H2,13,16,18);3-5H2,1-2H3. The molecule has 0 unspecified atom stereocenters. The molecule has 0 radical (unpaired) electrons. The smallest absolute Gasteiger partial charge is 0.226 e. The fourth-order valence-electron chi connectivity index (χ4n) is 2.11. The van der Waals surface area contributed by atoms with Gasteiger partial charge in [0, 0.05) is 26.5 Å². The molecule has 0 aliphatic heterocycles. The average molecular weight is 327 g/mol. The predicted octanol–water partition coefficient (Wildman–Crippen LogP) is 3.26. The molecular formula is C17H25N7. The summed E-state index contributed by atoms with van der Waals surface area (Å²) < 4.78 is 0. The van der Waals surface area contributed by atoms with E-state index >= 15 is 0 Å². The molecule has 0 bridgehead atoms. The van der Waals surface area contributed by atoms with Crippen LogP contribution in [0.15, 0.2) is 24.7 Å². The van der Waals surface area contributed by atoms with E-state index in [9.17, 15) is 0 Å². The van der Waals surface area contributed by atoms with Crippen LogP contribution in [0.25, 0.3) is 22.4 Å². The summed E-state index contributed by atoms with van der Waals surface area (Å²) in [4.78, 5) is 22.0. The van der Waals surface area contributed by atoms with Gasteiger partial charge in [0.2, 0.25) is 5.95 Å². The van der Waals surface area contributed by atoms with Crippen LogP contribution >= 0.6 is 0 Å². The zero-order chi connectivity index (χ0) is 17.5. The number of hydrogen-bond acceptors (Lipinski definition) is 6. The van der Waals surface area contributed by atoms with Gasteiger partial charge in [-0.05, 0) is 6.07 Å². The number of nitrogens with two attached hydrogens (primary N) is 1. The van der Waals surface area contributed by atoms with Crippen molar-refractivity contribution in [1.29, 1.82) is 0 Å². The first-order chi connectivity index (χ1) is 11.6. The number of aromatic amines is 1. The van der Waals surface area contributed by atoms with E-state index in [0.29, 0.717) is 23.0 Å². The maximum absolute atomic E-state index is 5.96. The van der Waals surface area contributed by atoms with Crippen LogP contribution in [0.4, 0.5) is 11.8 Å². The molecule has 0 spiro atoms. The van der Waals surface area contributed by atoms with Gasteiger partial charge in [0.25, 0.3) is 0 Å². The lowest BCUT2D eigenvalue weighted by molar-refractivity contribution is 0.772. The number of H-pyrrole nitrogens is 1. The maximum Gasteiger partial charge on any atom is 0.226 e. The quantitative estimate of drug-likeness (QED) is 0.763. The molecule has 0 aliphatic rings. The van der Waals surface area contributed by atoms with Crippen LogP contribution < -0.4 is 10.6 Å². The second-order valence-corrected chi connectivity index (χ2v) is 5.68. The Labute approximate surface area is 142 Å². The summed E-state index contributed by atoms with van der Waals surface area (Å²) in [5, 5.41) is 0. The van der Waals surface area contributed by atoms with Crippen LogP contribution in [0.5, 0.6) is 0 Å². The van der Waals surface area contributed by atoms with Crippen molar-refractivity contribution in [2.24, 2.45) is 0 Å². The first-order valence-corrected chi connectivity index (χ1v) is 8.17. The van der Waals surface area contributed by atoms with Crippen molar-refractivity contribution in [2.45, 2.75) is 33.1 Å². The molecule has 128 valence electrons. The number of nitrogen functional groups attached to an aromatic ring is 1. The van der Waals surface area contributed by atoms with Crippen LogP contribution in [-0.2, 0) is 0 Å². The summed E-state index contributed by atoms with van der Waals surface area (Å²) in [6.45, 7) is 4.42. The number of anilines is 2. The fourth-order valence-corrected chi connectivity index (χ4v) is 2.11. The molecular weight excluding hydrogens is 302 g/mol. The Hall–Kier alpha value is -2.70. The van der Waals surface area contributed by atoms with Crippen molar-refractivity contribution in [3.63, 3.8) is 0 Å². The highest BCUT2D eigenvalue weighted by atomic mass is 15.2. The third-order valence-corrected chi connectivity index (χ3v) is 3.45. The summed E-state index contributed by atoms with van der Waals surface area (Å²) in [5.41, 5.74) is 8.83. The van der Waals surface area contributed by atoms with Gasteiger partial charge in [0.05, 0.1) is 17.5 Å². The number of nitrogens with one attached hydrogen (secondary N) is 1. The topological polar surface area (TPSA) is 96.6 Å². The van der Waals surface area contributed by atoms with Gasteiger partial charge in [-0.1, -0.05) is 33.1 Å².